The Morgan fingerprint density at radius 3 is 2.63 bits per heavy atom. The zero-order valence-electron chi connectivity index (χ0n) is 16.0. The molecule has 0 unspecified atom stereocenters. The fraction of sp³-hybridized carbons (Fsp3) is 0.273. The molecule has 5 nitrogen and oxygen atoms in total. The van der Waals surface area contributed by atoms with Crippen molar-refractivity contribution in [3.8, 4) is 0 Å². The number of H-pyrrole nitrogens is 1. The number of amides is 2. The second kappa shape index (κ2) is 8.08. The molecule has 0 atom stereocenters. The number of benzene rings is 2. The standard InChI is InChI=1S/C22H25N3O2/c1-15-7-6-10-20(16(15)2)24-22(27)14-25(17(3)26)12-11-18-13-23-21-9-5-4-8-19(18)21/h4-10,13,23H,11-12,14H2,1-3H3,(H,24,27). The lowest BCUT2D eigenvalue weighted by atomic mass is 10.1. The lowest BCUT2D eigenvalue weighted by Gasteiger charge is -2.21. The van der Waals surface area contributed by atoms with E-state index in [0.717, 1.165) is 33.3 Å². The van der Waals surface area contributed by atoms with E-state index >= 15 is 0 Å². The highest BCUT2D eigenvalue weighted by atomic mass is 16.2. The number of aryl methyl sites for hydroxylation is 1. The smallest absolute Gasteiger partial charge is 0.244 e. The van der Waals surface area contributed by atoms with Gasteiger partial charge in [0.05, 0.1) is 6.54 Å². The zero-order chi connectivity index (χ0) is 19.4. The second-order valence-corrected chi connectivity index (χ2v) is 6.85. The van der Waals surface area contributed by atoms with E-state index < -0.39 is 0 Å². The van der Waals surface area contributed by atoms with Gasteiger partial charge in [-0.3, -0.25) is 9.59 Å². The van der Waals surface area contributed by atoms with E-state index in [9.17, 15) is 9.59 Å². The summed E-state index contributed by atoms with van der Waals surface area (Å²) >= 11 is 0. The Morgan fingerprint density at radius 1 is 1.07 bits per heavy atom. The van der Waals surface area contributed by atoms with Crippen molar-refractivity contribution >= 4 is 28.4 Å². The molecule has 5 heteroatoms. The lowest BCUT2D eigenvalue weighted by Crippen LogP contribution is -2.38. The first-order chi connectivity index (χ1) is 13.0. The molecule has 2 amide bonds. The van der Waals surface area contributed by atoms with Crippen LogP contribution in [0.15, 0.2) is 48.7 Å². The number of nitrogens with zero attached hydrogens (tertiary/aromatic N) is 1. The maximum atomic E-state index is 12.5. The summed E-state index contributed by atoms with van der Waals surface area (Å²) in [6, 6.07) is 13.9. The topological polar surface area (TPSA) is 65.2 Å². The predicted octanol–water partition coefficient (Wildman–Crippen LogP) is 3.81. The van der Waals surface area contributed by atoms with Gasteiger partial charge < -0.3 is 15.2 Å². The van der Waals surface area contributed by atoms with E-state index in [1.807, 2.05) is 56.4 Å². The van der Waals surface area contributed by atoms with Gasteiger partial charge in [0, 0.05) is 36.3 Å². The number of anilines is 1. The number of carbonyl (C=O) groups excluding carboxylic acids is 2. The normalized spacial score (nSPS) is 10.8. The Morgan fingerprint density at radius 2 is 1.85 bits per heavy atom. The number of aromatic nitrogens is 1. The highest BCUT2D eigenvalue weighted by Gasteiger charge is 2.15. The highest BCUT2D eigenvalue weighted by molar-refractivity contribution is 5.95. The highest BCUT2D eigenvalue weighted by Crippen LogP contribution is 2.19. The molecule has 1 aromatic heterocycles. The van der Waals surface area contributed by atoms with Crippen LogP contribution in [-0.2, 0) is 16.0 Å². The molecule has 0 saturated heterocycles. The molecule has 0 aliphatic carbocycles. The molecule has 2 N–H and O–H groups in total. The zero-order valence-corrected chi connectivity index (χ0v) is 16.0. The molecule has 140 valence electrons. The maximum Gasteiger partial charge on any atom is 0.244 e. The Balaban J connectivity index is 1.64. The predicted molar refractivity (Wildman–Crippen MR) is 109 cm³/mol. The molecule has 0 saturated carbocycles. The molecule has 0 radical (unpaired) electrons. The monoisotopic (exact) mass is 363 g/mol. The van der Waals surface area contributed by atoms with Gasteiger partial charge in [-0.15, -0.1) is 0 Å². The molecule has 3 aromatic rings. The van der Waals surface area contributed by atoms with Crippen LogP contribution in [0, 0.1) is 13.8 Å². The molecule has 0 aliphatic rings. The van der Waals surface area contributed by atoms with Crippen LogP contribution in [0.5, 0.6) is 0 Å². The average Bonchev–Trinajstić information content (AvgIpc) is 3.05. The Bertz CT molecular complexity index is 975. The average molecular weight is 363 g/mol. The molecule has 0 bridgehead atoms. The van der Waals surface area contributed by atoms with Crippen LogP contribution in [0.4, 0.5) is 5.69 Å². The number of carbonyl (C=O) groups is 2. The van der Waals surface area contributed by atoms with Crippen LogP contribution in [-0.4, -0.2) is 34.8 Å². The van der Waals surface area contributed by atoms with Gasteiger partial charge in [-0.25, -0.2) is 0 Å². The van der Waals surface area contributed by atoms with Crippen LogP contribution < -0.4 is 5.32 Å². The van der Waals surface area contributed by atoms with Gasteiger partial charge in [0.15, 0.2) is 0 Å². The van der Waals surface area contributed by atoms with Crippen molar-refractivity contribution in [2.45, 2.75) is 27.2 Å². The molecule has 1 heterocycles. The minimum Gasteiger partial charge on any atom is -0.361 e. The first kappa shape index (κ1) is 18.7. The van der Waals surface area contributed by atoms with Crippen molar-refractivity contribution in [3.63, 3.8) is 0 Å². The van der Waals surface area contributed by atoms with Gasteiger partial charge in [-0.2, -0.15) is 0 Å². The first-order valence-corrected chi connectivity index (χ1v) is 9.12. The summed E-state index contributed by atoms with van der Waals surface area (Å²) in [6.07, 6.45) is 2.67. The largest absolute Gasteiger partial charge is 0.361 e. The van der Waals surface area contributed by atoms with Crippen LogP contribution in [0.1, 0.15) is 23.6 Å². The number of hydrogen-bond donors (Lipinski definition) is 2. The van der Waals surface area contributed by atoms with E-state index in [1.54, 1.807) is 4.90 Å². The van der Waals surface area contributed by atoms with Gasteiger partial charge >= 0.3 is 0 Å². The van der Waals surface area contributed by atoms with Crippen molar-refractivity contribution in [2.24, 2.45) is 0 Å². The van der Waals surface area contributed by atoms with E-state index in [1.165, 1.54) is 6.92 Å². The summed E-state index contributed by atoms with van der Waals surface area (Å²) < 4.78 is 0. The number of nitrogens with one attached hydrogen (secondary N) is 2. The molecule has 0 spiro atoms. The summed E-state index contributed by atoms with van der Waals surface area (Å²) in [6.45, 7) is 6.03. The van der Waals surface area contributed by atoms with Crippen molar-refractivity contribution in [3.05, 3.63) is 65.4 Å². The van der Waals surface area contributed by atoms with Crippen molar-refractivity contribution < 1.29 is 9.59 Å². The third-order valence-corrected chi connectivity index (χ3v) is 4.98. The summed E-state index contributed by atoms with van der Waals surface area (Å²) in [4.78, 5) is 29.3. The van der Waals surface area contributed by atoms with Crippen LogP contribution in [0.3, 0.4) is 0 Å². The van der Waals surface area contributed by atoms with Crippen molar-refractivity contribution in [1.29, 1.82) is 0 Å². The fourth-order valence-electron chi connectivity index (χ4n) is 3.19. The van der Waals surface area contributed by atoms with E-state index in [0.29, 0.717) is 13.0 Å². The summed E-state index contributed by atoms with van der Waals surface area (Å²) in [5.74, 6) is -0.288. The van der Waals surface area contributed by atoms with Crippen LogP contribution in [0.25, 0.3) is 10.9 Å². The third-order valence-electron chi connectivity index (χ3n) is 4.98. The number of hydrogen-bond acceptors (Lipinski definition) is 2. The summed E-state index contributed by atoms with van der Waals surface area (Å²) in [7, 11) is 0. The Labute approximate surface area is 159 Å². The number of rotatable bonds is 6. The summed E-state index contributed by atoms with van der Waals surface area (Å²) in [5.41, 5.74) is 5.18. The number of fused-ring (bicyclic) bond motifs is 1. The SMILES string of the molecule is CC(=O)N(CCc1c[nH]c2ccccc12)CC(=O)Nc1cccc(C)c1C. The van der Waals surface area contributed by atoms with Gasteiger partial charge in [-0.1, -0.05) is 30.3 Å². The minimum atomic E-state index is -0.183. The van der Waals surface area contributed by atoms with Crippen LogP contribution in [0.2, 0.25) is 0 Å². The molecule has 3 rings (SSSR count). The van der Waals surface area contributed by atoms with Crippen molar-refractivity contribution in [2.75, 3.05) is 18.4 Å². The second-order valence-electron chi connectivity index (χ2n) is 6.85. The number of para-hydroxylation sites is 1. The minimum absolute atomic E-state index is 0.0467. The van der Waals surface area contributed by atoms with Gasteiger partial charge in [0.1, 0.15) is 0 Å². The molecule has 0 aliphatic heterocycles. The number of aromatic amines is 1. The molecule has 27 heavy (non-hydrogen) atoms. The third kappa shape index (κ3) is 4.37. The molecule has 2 aromatic carbocycles. The lowest BCUT2D eigenvalue weighted by molar-refractivity contribution is -0.132. The Hall–Kier alpha value is -3.08. The van der Waals surface area contributed by atoms with Crippen molar-refractivity contribution in [1.82, 2.24) is 9.88 Å². The van der Waals surface area contributed by atoms with Gasteiger partial charge in [-0.05, 0) is 49.1 Å². The quantitative estimate of drug-likeness (QED) is 0.699. The van der Waals surface area contributed by atoms with Gasteiger partial charge in [0.2, 0.25) is 11.8 Å². The maximum absolute atomic E-state index is 12.5. The first-order valence-electron chi connectivity index (χ1n) is 9.12. The van der Waals surface area contributed by atoms with Crippen LogP contribution >= 0.6 is 0 Å². The Kier molecular flexibility index (Phi) is 5.60. The summed E-state index contributed by atoms with van der Waals surface area (Å²) in [5, 5.41) is 4.07. The molecular weight excluding hydrogens is 338 g/mol. The van der Waals surface area contributed by atoms with E-state index in [-0.39, 0.29) is 18.4 Å². The van der Waals surface area contributed by atoms with E-state index in [2.05, 4.69) is 16.4 Å². The van der Waals surface area contributed by atoms with Gasteiger partial charge in [0.25, 0.3) is 0 Å². The van der Waals surface area contributed by atoms with E-state index in [4.69, 9.17) is 0 Å². The molecule has 0 fully saturated rings. The fourth-order valence-corrected chi connectivity index (χ4v) is 3.19. The molecular formula is C22H25N3O2.